The van der Waals surface area contributed by atoms with Gasteiger partial charge in [0.1, 0.15) is 11.6 Å². The van der Waals surface area contributed by atoms with Crippen LogP contribution in [0.25, 0.3) is 11.3 Å². The molecular weight excluding hydrogens is 481 g/mol. The first-order valence-electron chi connectivity index (χ1n) is 9.72. The predicted octanol–water partition coefficient (Wildman–Crippen LogP) is 4.11. The largest absolute Gasteiger partial charge is 0.416 e. The van der Waals surface area contributed by atoms with Crippen LogP contribution in [0.1, 0.15) is 11.1 Å². The summed E-state index contributed by atoms with van der Waals surface area (Å²) < 4.78 is 67.6. The zero-order valence-corrected chi connectivity index (χ0v) is 18.7. The van der Waals surface area contributed by atoms with E-state index in [1.54, 1.807) is 17.9 Å². The standard InChI is InChI=1S/C21H18ClF3N4O3S/c1-12-5-6-13(21(23,24)25)9-15(12)20-16(22)7-8-17(26-20)28-33(31,32)19-4-2-3-18(27-19)29-10-14(30)11-29/h2-9,14,30H,10-11H2,1H3,(H,26,28). The summed E-state index contributed by atoms with van der Waals surface area (Å²) in [7, 11) is -4.16. The highest BCUT2D eigenvalue weighted by Gasteiger charge is 2.31. The lowest BCUT2D eigenvalue weighted by molar-refractivity contribution is -0.137. The molecule has 0 saturated carbocycles. The number of anilines is 2. The fourth-order valence-electron chi connectivity index (χ4n) is 3.30. The molecule has 0 spiro atoms. The van der Waals surface area contributed by atoms with Gasteiger partial charge in [0.15, 0.2) is 5.03 Å². The Bertz CT molecular complexity index is 1310. The highest BCUT2D eigenvalue weighted by atomic mass is 35.5. The van der Waals surface area contributed by atoms with Crippen LogP contribution >= 0.6 is 11.6 Å². The quantitative estimate of drug-likeness (QED) is 0.550. The first-order chi connectivity index (χ1) is 15.4. The van der Waals surface area contributed by atoms with E-state index in [-0.39, 0.29) is 27.1 Å². The van der Waals surface area contributed by atoms with Gasteiger partial charge >= 0.3 is 6.18 Å². The third kappa shape index (κ3) is 4.90. The maximum Gasteiger partial charge on any atom is 0.416 e. The number of halogens is 4. The van der Waals surface area contributed by atoms with Gasteiger partial charge in [-0.3, -0.25) is 4.72 Å². The van der Waals surface area contributed by atoms with Crippen molar-refractivity contribution in [3.05, 3.63) is 64.7 Å². The van der Waals surface area contributed by atoms with Crippen molar-refractivity contribution in [2.75, 3.05) is 22.7 Å². The molecule has 1 aliphatic heterocycles. The summed E-state index contributed by atoms with van der Waals surface area (Å²) in [5.74, 6) is 0.269. The van der Waals surface area contributed by atoms with Crippen molar-refractivity contribution in [1.82, 2.24) is 9.97 Å². The number of aromatic nitrogens is 2. The molecule has 1 aliphatic rings. The summed E-state index contributed by atoms with van der Waals surface area (Å²) in [6.07, 6.45) is -5.04. The summed E-state index contributed by atoms with van der Waals surface area (Å²) in [6, 6.07) is 10.3. The Morgan fingerprint density at radius 2 is 1.85 bits per heavy atom. The van der Waals surface area contributed by atoms with Crippen LogP contribution in [0.4, 0.5) is 24.8 Å². The fraction of sp³-hybridized carbons (Fsp3) is 0.238. The second-order valence-electron chi connectivity index (χ2n) is 7.55. The van der Waals surface area contributed by atoms with Crippen LogP contribution < -0.4 is 9.62 Å². The average molecular weight is 499 g/mol. The number of β-amino-alcohol motifs (C(OH)–C–C–N with tert-alkyl or cyclic N) is 1. The number of alkyl halides is 3. The molecular formula is C21H18ClF3N4O3S. The number of nitrogens with zero attached hydrogens (tertiary/aromatic N) is 3. The summed E-state index contributed by atoms with van der Waals surface area (Å²) >= 11 is 6.19. The van der Waals surface area contributed by atoms with Gasteiger partial charge in [0.2, 0.25) is 0 Å². The van der Waals surface area contributed by atoms with Crippen molar-refractivity contribution >= 4 is 33.3 Å². The minimum Gasteiger partial charge on any atom is -0.389 e. The van der Waals surface area contributed by atoms with Gasteiger partial charge in [0.05, 0.1) is 22.4 Å². The van der Waals surface area contributed by atoms with Crippen LogP contribution in [-0.2, 0) is 16.2 Å². The van der Waals surface area contributed by atoms with Crippen LogP contribution in [0, 0.1) is 6.92 Å². The lowest BCUT2D eigenvalue weighted by Crippen LogP contribution is -2.51. The zero-order chi connectivity index (χ0) is 24.0. The Morgan fingerprint density at radius 1 is 1.12 bits per heavy atom. The molecule has 3 aromatic rings. The van der Waals surface area contributed by atoms with Gasteiger partial charge in [-0.05, 0) is 48.9 Å². The van der Waals surface area contributed by atoms with Crippen molar-refractivity contribution in [2.45, 2.75) is 24.2 Å². The van der Waals surface area contributed by atoms with E-state index in [1.165, 1.54) is 30.3 Å². The first-order valence-corrected chi connectivity index (χ1v) is 11.6. The van der Waals surface area contributed by atoms with E-state index in [9.17, 15) is 26.7 Å². The van der Waals surface area contributed by atoms with Crippen LogP contribution in [-0.4, -0.2) is 42.7 Å². The van der Waals surface area contributed by atoms with Crippen LogP contribution in [0.15, 0.2) is 53.6 Å². The number of rotatable bonds is 5. The Kier molecular flexibility index (Phi) is 5.97. The Balaban J connectivity index is 1.66. The Morgan fingerprint density at radius 3 is 2.52 bits per heavy atom. The number of benzene rings is 1. The van der Waals surface area contributed by atoms with E-state index in [1.807, 2.05) is 0 Å². The molecule has 1 fully saturated rings. The fourth-order valence-corrected chi connectivity index (χ4v) is 4.48. The van der Waals surface area contributed by atoms with Gasteiger partial charge in [0.25, 0.3) is 10.0 Å². The van der Waals surface area contributed by atoms with E-state index in [0.717, 1.165) is 12.1 Å². The molecule has 0 unspecified atom stereocenters. The number of aliphatic hydroxyl groups is 1. The number of nitrogens with one attached hydrogen (secondary N) is 1. The summed E-state index contributed by atoms with van der Waals surface area (Å²) in [4.78, 5) is 10.0. The van der Waals surface area contributed by atoms with Crippen molar-refractivity contribution < 1.29 is 26.7 Å². The second-order valence-corrected chi connectivity index (χ2v) is 9.59. The van der Waals surface area contributed by atoms with Crippen LogP contribution in [0.2, 0.25) is 5.02 Å². The number of hydrogen-bond acceptors (Lipinski definition) is 6. The lowest BCUT2D eigenvalue weighted by Gasteiger charge is -2.36. The summed E-state index contributed by atoms with van der Waals surface area (Å²) in [5.41, 5.74) is -0.239. The molecule has 2 aromatic heterocycles. The predicted molar refractivity (Wildman–Crippen MR) is 118 cm³/mol. The Hall–Kier alpha value is -2.89. The van der Waals surface area contributed by atoms with Crippen molar-refractivity contribution in [3.63, 3.8) is 0 Å². The smallest absolute Gasteiger partial charge is 0.389 e. The molecule has 0 amide bonds. The second kappa shape index (κ2) is 8.47. The van der Waals surface area contributed by atoms with E-state index < -0.39 is 27.9 Å². The summed E-state index contributed by atoms with van der Waals surface area (Å²) in [5, 5.41) is 9.24. The topological polar surface area (TPSA) is 95.4 Å². The molecule has 0 radical (unpaired) electrons. The van der Waals surface area contributed by atoms with E-state index in [0.29, 0.717) is 24.5 Å². The van der Waals surface area contributed by atoms with Crippen LogP contribution in [0.3, 0.4) is 0 Å². The highest BCUT2D eigenvalue weighted by molar-refractivity contribution is 7.92. The third-order valence-corrected chi connectivity index (χ3v) is 6.64. The molecule has 0 aliphatic carbocycles. The molecule has 2 N–H and O–H groups in total. The monoisotopic (exact) mass is 498 g/mol. The zero-order valence-electron chi connectivity index (χ0n) is 17.1. The molecule has 174 valence electrons. The molecule has 0 bridgehead atoms. The number of aliphatic hydroxyl groups excluding tert-OH is 1. The van der Waals surface area contributed by atoms with Crippen molar-refractivity contribution in [3.8, 4) is 11.3 Å². The maximum atomic E-state index is 13.2. The molecule has 12 heteroatoms. The highest BCUT2D eigenvalue weighted by Crippen LogP contribution is 2.36. The number of sulfonamides is 1. The van der Waals surface area contributed by atoms with Gasteiger partial charge in [-0.2, -0.15) is 21.6 Å². The average Bonchev–Trinajstić information content (AvgIpc) is 2.72. The normalized spacial score (nSPS) is 14.8. The van der Waals surface area contributed by atoms with Gasteiger partial charge in [0, 0.05) is 18.7 Å². The number of aryl methyl sites for hydroxylation is 1. The van der Waals surface area contributed by atoms with E-state index >= 15 is 0 Å². The SMILES string of the molecule is Cc1ccc(C(F)(F)F)cc1-c1nc(NS(=O)(=O)c2cccc(N3CC(O)C3)n2)ccc1Cl. The first kappa shape index (κ1) is 23.3. The third-order valence-electron chi connectivity index (χ3n) is 5.08. The van der Waals surface area contributed by atoms with E-state index in [4.69, 9.17) is 11.6 Å². The summed E-state index contributed by atoms with van der Waals surface area (Å²) in [6.45, 7) is 2.30. The van der Waals surface area contributed by atoms with Gasteiger partial charge in [-0.25, -0.2) is 9.97 Å². The molecule has 33 heavy (non-hydrogen) atoms. The van der Waals surface area contributed by atoms with E-state index in [2.05, 4.69) is 14.7 Å². The number of hydrogen-bond donors (Lipinski definition) is 2. The van der Waals surface area contributed by atoms with Crippen molar-refractivity contribution in [2.24, 2.45) is 0 Å². The maximum absolute atomic E-state index is 13.2. The molecule has 7 nitrogen and oxygen atoms in total. The van der Waals surface area contributed by atoms with Gasteiger partial charge in [-0.15, -0.1) is 0 Å². The van der Waals surface area contributed by atoms with Crippen molar-refractivity contribution in [1.29, 1.82) is 0 Å². The minimum atomic E-state index is -4.56. The molecule has 1 saturated heterocycles. The number of pyridine rings is 2. The van der Waals surface area contributed by atoms with Gasteiger partial charge in [-0.1, -0.05) is 23.7 Å². The Labute approximate surface area is 192 Å². The molecule has 4 rings (SSSR count). The van der Waals surface area contributed by atoms with Crippen LogP contribution in [0.5, 0.6) is 0 Å². The lowest BCUT2D eigenvalue weighted by atomic mass is 10.0. The molecule has 3 heterocycles. The molecule has 1 aromatic carbocycles. The molecule has 0 atom stereocenters. The van der Waals surface area contributed by atoms with Gasteiger partial charge < -0.3 is 10.0 Å². The minimum absolute atomic E-state index is 0.0109.